The van der Waals surface area contributed by atoms with Gasteiger partial charge in [-0.2, -0.15) is 0 Å². The second-order valence-electron chi connectivity index (χ2n) is 15.3. The van der Waals surface area contributed by atoms with E-state index in [9.17, 15) is 19.4 Å². The minimum atomic E-state index is -4.56. The summed E-state index contributed by atoms with van der Waals surface area (Å²) in [6.45, 7) is 4.67. The number of rotatable bonds is 37. The third kappa shape index (κ3) is 35.4. The molecule has 0 rings (SSSR count). The minimum absolute atomic E-state index is 0.00956. The minimum Gasteiger partial charge on any atom is -0.756 e. The van der Waals surface area contributed by atoms with Gasteiger partial charge in [0.1, 0.15) is 13.2 Å². The molecule has 2 N–H and O–H groups in total. The molecule has 0 aliphatic carbocycles. The van der Waals surface area contributed by atoms with Crippen LogP contribution in [-0.2, 0) is 18.4 Å². The summed E-state index contributed by atoms with van der Waals surface area (Å²) in [4.78, 5) is 25.2. The van der Waals surface area contributed by atoms with Gasteiger partial charge in [0.25, 0.3) is 7.82 Å². The Morgan fingerprint density at radius 3 is 1.70 bits per heavy atom. The van der Waals surface area contributed by atoms with E-state index in [0.717, 1.165) is 64.2 Å². The molecule has 50 heavy (non-hydrogen) atoms. The number of aliphatic hydroxyl groups is 1. The van der Waals surface area contributed by atoms with Crippen LogP contribution in [-0.4, -0.2) is 68.5 Å². The SMILES string of the molecule is CCCCC/C=C/C/C=C/CCCCCCCC(=O)N[C@@H](COP(=O)([O-])OCC[N+](C)(C)C)[C@H](O)CCCCCCCCCCCCCCC. The zero-order chi connectivity index (χ0) is 37.2. The molecule has 0 radical (unpaired) electrons. The molecule has 1 amide bonds. The summed E-state index contributed by atoms with van der Waals surface area (Å²) in [7, 11) is 1.29. The van der Waals surface area contributed by atoms with E-state index < -0.39 is 20.0 Å². The Kier molecular flexibility index (Phi) is 33.1. The van der Waals surface area contributed by atoms with Crippen LogP contribution in [0.15, 0.2) is 24.3 Å². The van der Waals surface area contributed by atoms with Crippen LogP contribution in [0.2, 0.25) is 0 Å². The van der Waals surface area contributed by atoms with Crippen LogP contribution in [0, 0.1) is 0 Å². The van der Waals surface area contributed by atoms with Gasteiger partial charge in [0.15, 0.2) is 0 Å². The smallest absolute Gasteiger partial charge is 0.268 e. The summed E-state index contributed by atoms with van der Waals surface area (Å²) in [5.41, 5.74) is 0. The molecule has 0 aromatic heterocycles. The largest absolute Gasteiger partial charge is 0.756 e. The Morgan fingerprint density at radius 1 is 0.700 bits per heavy atom. The van der Waals surface area contributed by atoms with Gasteiger partial charge < -0.3 is 28.8 Å². The average molecular weight is 729 g/mol. The van der Waals surface area contributed by atoms with Crippen LogP contribution in [0.4, 0.5) is 0 Å². The van der Waals surface area contributed by atoms with Crippen molar-refractivity contribution in [3.8, 4) is 0 Å². The summed E-state index contributed by atoms with van der Waals surface area (Å²) in [6.07, 6.45) is 37.4. The molecule has 0 saturated carbocycles. The molecule has 0 heterocycles. The Hall–Kier alpha value is -1.02. The molecule has 0 saturated heterocycles. The Labute approximate surface area is 309 Å². The average Bonchev–Trinajstić information content (AvgIpc) is 3.06. The van der Waals surface area contributed by atoms with E-state index in [4.69, 9.17) is 9.05 Å². The zero-order valence-electron chi connectivity index (χ0n) is 33.4. The first-order valence-electron chi connectivity index (χ1n) is 20.7. The number of carbonyl (C=O) groups is 1. The molecule has 9 heteroatoms. The highest BCUT2D eigenvalue weighted by atomic mass is 31.2. The third-order valence-electron chi connectivity index (χ3n) is 9.19. The number of phosphoric ester groups is 1. The predicted molar refractivity (Wildman–Crippen MR) is 210 cm³/mol. The number of amides is 1. The van der Waals surface area contributed by atoms with Crippen molar-refractivity contribution in [1.82, 2.24) is 5.32 Å². The lowest BCUT2D eigenvalue weighted by molar-refractivity contribution is -0.870. The number of likely N-dealkylation sites (N-methyl/N-ethyl adjacent to an activating group) is 1. The summed E-state index contributed by atoms with van der Waals surface area (Å²) < 4.78 is 23.2. The number of nitrogens with zero attached hydrogens (tertiary/aromatic N) is 1. The van der Waals surface area contributed by atoms with Crippen molar-refractivity contribution in [2.24, 2.45) is 0 Å². The van der Waals surface area contributed by atoms with E-state index in [0.29, 0.717) is 23.9 Å². The van der Waals surface area contributed by atoms with Crippen molar-refractivity contribution in [3.05, 3.63) is 24.3 Å². The fraction of sp³-hybridized carbons (Fsp3) is 0.878. The van der Waals surface area contributed by atoms with Crippen molar-refractivity contribution < 1.29 is 32.9 Å². The second-order valence-corrected chi connectivity index (χ2v) is 16.8. The highest BCUT2D eigenvalue weighted by molar-refractivity contribution is 7.45. The Bertz CT molecular complexity index is 876. The van der Waals surface area contributed by atoms with Crippen LogP contribution in [0.25, 0.3) is 0 Å². The molecule has 1 unspecified atom stereocenters. The molecule has 0 aliphatic heterocycles. The number of quaternary nitrogens is 1. The lowest BCUT2D eigenvalue weighted by atomic mass is 10.0. The van der Waals surface area contributed by atoms with Crippen molar-refractivity contribution in [2.45, 2.75) is 193 Å². The molecule has 3 atom stereocenters. The van der Waals surface area contributed by atoms with Crippen LogP contribution < -0.4 is 10.2 Å². The maximum absolute atomic E-state index is 12.8. The molecular formula is C41H81N2O6P. The number of hydrogen-bond acceptors (Lipinski definition) is 6. The molecule has 0 bridgehead atoms. The number of hydrogen-bond donors (Lipinski definition) is 2. The van der Waals surface area contributed by atoms with Gasteiger partial charge in [-0.3, -0.25) is 9.36 Å². The van der Waals surface area contributed by atoms with Crippen molar-refractivity contribution in [2.75, 3.05) is 40.9 Å². The fourth-order valence-electron chi connectivity index (χ4n) is 5.83. The summed E-state index contributed by atoms with van der Waals surface area (Å²) in [5.74, 6) is -0.180. The zero-order valence-corrected chi connectivity index (χ0v) is 34.2. The normalized spacial score (nSPS) is 14.8. The van der Waals surface area contributed by atoms with E-state index in [1.165, 1.54) is 89.9 Å². The van der Waals surface area contributed by atoms with Gasteiger partial charge in [0.05, 0.1) is 39.9 Å². The van der Waals surface area contributed by atoms with E-state index in [1.54, 1.807) is 0 Å². The molecule has 296 valence electrons. The van der Waals surface area contributed by atoms with Gasteiger partial charge in [-0.25, -0.2) is 0 Å². The van der Waals surface area contributed by atoms with Gasteiger partial charge in [-0.15, -0.1) is 0 Å². The van der Waals surface area contributed by atoms with E-state index in [2.05, 4.69) is 43.5 Å². The van der Waals surface area contributed by atoms with Gasteiger partial charge in [0, 0.05) is 6.42 Å². The third-order valence-corrected chi connectivity index (χ3v) is 10.2. The molecule has 0 aromatic carbocycles. The molecule has 0 fully saturated rings. The van der Waals surface area contributed by atoms with Gasteiger partial charge >= 0.3 is 0 Å². The van der Waals surface area contributed by atoms with E-state index in [1.807, 2.05) is 21.1 Å². The number of nitrogens with one attached hydrogen (secondary N) is 1. The first-order chi connectivity index (χ1) is 24.0. The highest BCUT2D eigenvalue weighted by Crippen LogP contribution is 2.38. The standard InChI is InChI=1S/C41H81N2O6P/c1-6-8-10-12-14-16-18-20-21-23-25-27-29-31-33-35-41(45)42-39(38-49-50(46,47)48-37-36-43(3,4)5)40(44)34-32-30-28-26-24-22-19-17-15-13-11-9-7-2/h14,16,20-21,39-40,44H,6-13,15,17-19,22-38H2,1-5H3,(H-,42,45,46,47)/b16-14+,21-20+/t39-,40+/m0/s1. The van der Waals surface area contributed by atoms with Gasteiger partial charge in [-0.05, 0) is 44.9 Å². The first-order valence-corrected chi connectivity index (χ1v) is 22.1. The Balaban J connectivity index is 4.45. The number of aliphatic hydroxyl groups excluding tert-OH is 1. The molecule has 0 aromatic rings. The highest BCUT2D eigenvalue weighted by Gasteiger charge is 2.24. The van der Waals surface area contributed by atoms with Crippen molar-refractivity contribution >= 4 is 13.7 Å². The second kappa shape index (κ2) is 33.8. The van der Waals surface area contributed by atoms with Crippen molar-refractivity contribution in [1.29, 1.82) is 0 Å². The topological polar surface area (TPSA) is 108 Å². The van der Waals surface area contributed by atoms with E-state index >= 15 is 0 Å². The first kappa shape index (κ1) is 49.0. The quantitative estimate of drug-likeness (QED) is 0.0285. The molecule has 0 spiro atoms. The molecule has 8 nitrogen and oxygen atoms in total. The van der Waals surface area contributed by atoms with Gasteiger partial charge in [0.2, 0.25) is 5.91 Å². The lowest BCUT2D eigenvalue weighted by Gasteiger charge is -2.30. The Morgan fingerprint density at radius 2 is 1.16 bits per heavy atom. The maximum atomic E-state index is 12.8. The van der Waals surface area contributed by atoms with E-state index in [-0.39, 0.29) is 19.1 Å². The number of carbonyl (C=O) groups excluding carboxylic acids is 1. The van der Waals surface area contributed by atoms with Crippen LogP contribution in [0.3, 0.4) is 0 Å². The van der Waals surface area contributed by atoms with Crippen LogP contribution >= 0.6 is 7.82 Å². The summed E-state index contributed by atoms with van der Waals surface area (Å²) in [6, 6.07) is -0.804. The van der Waals surface area contributed by atoms with Crippen molar-refractivity contribution in [3.63, 3.8) is 0 Å². The predicted octanol–water partition coefficient (Wildman–Crippen LogP) is 10.3. The molecule has 0 aliphatic rings. The maximum Gasteiger partial charge on any atom is 0.268 e. The number of allylic oxidation sites excluding steroid dienone is 4. The van der Waals surface area contributed by atoms with Crippen LogP contribution in [0.5, 0.6) is 0 Å². The summed E-state index contributed by atoms with van der Waals surface area (Å²) >= 11 is 0. The number of phosphoric acid groups is 1. The fourth-order valence-corrected chi connectivity index (χ4v) is 6.56. The lowest BCUT2D eigenvalue weighted by Crippen LogP contribution is -2.46. The number of unbranched alkanes of at least 4 members (excludes halogenated alkanes) is 20. The summed E-state index contributed by atoms with van der Waals surface area (Å²) in [5, 5.41) is 13.8. The van der Waals surface area contributed by atoms with Gasteiger partial charge in [-0.1, -0.05) is 154 Å². The van der Waals surface area contributed by atoms with Crippen LogP contribution in [0.1, 0.15) is 181 Å². The molecular weight excluding hydrogens is 647 g/mol. The monoisotopic (exact) mass is 729 g/mol.